The van der Waals surface area contributed by atoms with Crippen LogP contribution in [0.1, 0.15) is 17.5 Å². The van der Waals surface area contributed by atoms with Crippen LogP contribution in [0.15, 0.2) is 48.5 Å². The molecule has 0 aromatic heterocycles. The first-order valence-corrected chi connectivity index (χ1v) is 8.40. The average molecular weight is 357 g/mol. The maximum Gasteiger partial charge on any atom is 0.322 e. The Balaban J connectivity index is 1.71. The van der Waals surface area contributed by atoms with Crippen LogP contribution in [0, 0.1) is 0 Å². The molecule has 0 bridgehead atoms. The third-order valence-corrected chi connectivity index (χ3v) is 3.82. The zero-order valence-corrected chi connectivity index (χ0v) is 14.7. The number of hydrogen-bond acceptors (Lipinski definition) is 4. The highest BCUT2D eigenvalue weighted by Crippen LogP contribution is 2.15. The molecule has 1 amide bonds. The summed E-state index contributed by atoms with van der Waals surface area (Å²) in [4.78, 5) is 21.9. The van der Waals surface area contributed by atoms with Gasteiger partial charge in [-0.2, -0.15) is 0 Å². The molecule has 138 valence electrons. The van der Waals surface area contributed by atoms with Crippen LogP contribution in [-0.2, 0) is 22.4 Å². The molecule has 0 saturated carbocycles. The summed E-state index contributed by atoms with van der Waals surface area (Å²) >= 11 is 0. The van der Waals surface area contributed by atoms with Gasteiger partial charge in [-0.25, -0.2) is 0 Å². The summed E-state index contributed by atoms with van der Waals surface area (Å²) in [5.74, 6) is 0.293. The number of hydrogen-bond donors (Lipinski definition) is 2. The Morgan fingerprint density at radius 2 is 1.50 bits per heavy atom. The molecular weight excluding hydrogens is 334 g/mol. The van der Waals surface area contributed by atoms with Gasteiger partial charge in [-0.05, 0) is 41.8 Å². The molecule has 0 aliphatic heterocycles. The van der Waals surface area contributed by atoms with Gasteiger partial charge in [0.1, 0.15) is 18.0 Å². The van der Waals surface area contributed by atoms with E-state index >= 15 is 0 Å². The molecule has 0 aliphatic rings. The fourth-order valence-electron chi connectivity index (χ4n) is 2.35. The van der Waals surface area contributed by atoms with Gasteiger partial charge in [0.15, 0.2) is 0 Å². The standard InChI is InChI=1S/C20H23NO5/c1-25-17-7-2-16(3-8-17)12-13-26-18-9-4-15(5-10-18)6-11-19(22)21-14-20(23)24/h2-5,7-10H,6,11-14H2,1H3,(H,21,22)(H,23,24). The lowest BCUT2D eigenvalue weighted by molar-refractivity contribution is -0.137. The molecule has 2 rings (SSSR count). The number of aliphatic carboxylic acids is 1. The largest absolute Gasteiger partial charge is 0.497 e. The van der Waals surface area contributed by atoms with Crippen molar-refractivity contribution >= 4 is 11.9 Å². The number of benzene rings is 2. The highest BCUT2D eigenvalue weighted by molar-refractivity contribution is 5.81. The fourth-order valence-corrected chi connectivity index (χ4v) is 2.35. The number of nitrogens with one attached hydrogen (secondary N) is 1. The predicted molar refractivity (Wildman–Crippen MR) is 97.6 cm³/mol. The van der Waals surface area contributed by atoms with Crippen LogP contribution < -0.4 is 14.8 Å². The van der Waals surface area contributed by atoms with Gasteiger partial charge in [-0.1, -0.05) is 24.3 Å². The molecule has 0 aliphatic carbocycles. The molecule has 0 unspecified atom stereocenters. The monoisotopic (exact) mass is 357 g/mol. The van der Waals surface area contributed by atoms with Crippen molar-refractivity contribution < 1.29 is 24.2 Å². The molecule has 2 aromatic carbocycles. The lowest BCUT2D eigenvalue weighted by Crippen LogP contribution is -2.29. The van der Waals surface area contributed by atoms with Crippen molar-refractivity contribution in [3.8, 4) is 11.5 Å². The summed E-state index contributed by atoms with van der Waals surface area (Å²) in [6.07, 6.45) is 1.61. The van der Waals surface area contributed by atoms with Gasteiger partial charge >= 0.3 is 5.97 Å². The van der Waals surface area contributed by atoms with E-state index in [9.17, 15) is 9.59 Å². The smallest absolute Gasteiger partial charge is 0.322 e. The molecule has 26 heavy (non-hydrogen) atoms. The molecule has 2 aromatic rings. The Morgan fingerprint density at radius 1 is 0.923 bits per heavy atom. The second-order valence-electron chi connectivity index (χ2n) is 5.76. The van der Waals surface area contributed by atoms with Crippen LogP contribution in [-0.4, -0.2) is 37.2 Å². The Bertz CT molecular complexity index is 710. The molecule has 0 fully saturated rings. The number of ether oxygens (including phenoxy) is 2. The first-order valence-electron chi connectivity index (χ1n) is 8.40. The van der Waals surface area contributed by atoms with Crippen molar-refractivity contribution in [3.05, 3.63) is 59.7 Å². The van der Waals surface area contributed by atoms with Crippen molar-refractivity contribution in [2.45, 2.75) is 19.3 Å². The summed E-state index contributed by atoms with van der Waals surface area (Å²) < 4.78 is 10.9. The minimum absolute atomic E-state index is 0.255. The summed E-state index contributed by atoms with van der Waals surface area (Å²) in [7, 11) is 1.64. The predicted octanol–water partition coefficient (Wildman–Crippen LogP) is 2.45. The summed E-state index contributed by atoms with van der Waals surface area (Å²) in [6.45, 7) is 0.225. The highest BCUT2D eigenvalue weighted by Gasteiger charge is 2.05. The van der Waals surface area contributed by atoms with Crippen molar-refractivity contribution in [1.82, 2.24) is 5.32 Å². The Hall–Kier alpha value is -3.02. The number of carbonyl (C=O) groups excluding carboxylic acids is 1. The van der Waals surface area contributed by atoms with Gasteiger partial charge in [0.25, 0.3) is 0 Å². The van der Waals surface area contributed by atoms with Crippen LogP contribution in [0.4, 0.5) is 0 Å². The summed E-state index contributed by atoms with van der Waals surface area (Å²) in [6, 6.07) is 15.5. The summed E-state index contributed by atoms with van der Waals surface area (Å²) in [5.41, 5.74) is 2.17. The van der Waals surface area contributed by atoms with E-state index in [0.29, 0.717) is 13.0 Å². The van der Waals surface area contributed by atoms with Gasteiger partial charge in [0.05, 0.1) is 13.7 Å². The Labute approximate surface area is 152 Å². The molecule has 0 atom stereocenters. The zero-order chi connectivity index (χ0) is 18.8. The van der Waals surface area contributed by atoms with Crippen molar-refractivity contribution in [3.63, 3.8) is 0 Å². The van der Waals surface area contributed by atoms with Gasteiger partial charge in [0.2, 0.25) is 5.91 Å². The van der Waals surface area contributed by atoms with Crippen molar-refractivity contribution in [1.29, 1.82) is 0 Å². The molecule has 0 saturated heterocycles. The van der Waals surface area contributed by atoms with E-state index in [1.165, 1.54) is 5.56 Å². The van der Waals surface area contributed by atoms with E-state index in [1.807, 2.05) is 48.5 Å². The number of carboxylic acid groups (broad SMARTS) is 1. The summed E-state index contributed by atoms with van der Waals surface area (Å²) in [5, 5.41) is 10.9. The molecule has 0 spiro atoms. The number of carbonyl (C=O) groups is 2. The molecule has 6 nitrogen and oxygen atoms in total. The van der Waals surface area contributed by atoms with E-state index in [4.69, 9.17) is 14.6 Å². The average Bonchev–Trinajstić information content (AvgIpc) is 2.66. The molecule has 0 heterocycles. The number of aryl methyl sites for hydroxylation is 1. The van der Waals surface area contributed by atoms with E-state index in [1.54, 1.807) is 7.11 Å². The lowest BCUT2D eigenvalue weighted by atomic mass is 10.1. The molecule has 2 N–H and O–H groups in total. The van der Waals surface area contributed by atoms with Crippen molar-refractivity contribution in [2.75, 3.05) is 20.3 Å². The quantitative estimate of drug-likeness (QED) is 0.682. The first kappa shape index (κ1) is 19.3. The topological polar surface area (TPSA) is 84.9 Å². The second kappa shape index (κ2) is 10.1. The SMILES string of the molecule is COc1ccc(CCOc2ccc(CCC(=O)NCC(=O)O)cc2)cc1. The molecule has 6 heteroatoms. The molecule has 0 radical (unpaired) electrons. The van der Waals surface area contributed by atoms with Gasteiger partial charge in [-0.15, -0.1) is 0 Å². The van der Waals surface area contributed by atoms with Crippen LogP contribution in [0.2, 0.25) is 0 Å². The second-order valence-corrected chi connectivity index (χ2v) is 5.76. The normalized spacial score (nSPS) is 10.2. The minimum Gasteiger partial charge on any atom is -0.497 e. The Morgan fingerprint density at radius 3 is 2.08 bits per heavy atom. The maximum absolute atomic E-state index is 11.5. The van der Waals surface area contributed by atoms with E-state index in [-0.39, 0.29) is 18.9 Å². The highest BCUT2D eigenvalue weighted by atomic mass is 16.5. The van der Waals surface area contributed by atoms with E-state index in [0.717, 1.165) is 23.5 Å². The third-order valence-electron chi connectivity index (χ3n) is 3.82. The van der Waals surface area contributed by atoms with E-state index in [2.05, 4.69) is 5.32 Å². The maximum atomic E-state index is 11.5. The minimum atomic E-state index is -1.05. The Kier molecular flexibility index (Phi) is 7.49. The third kappa shape index (κ3) is 6.84. The number of methoxy groups -OCH3 is 1. The lowest BCUT2D eigenvalue weighted by Gasteiger charge is -2.08. The number of carboxylic acids is 1. The van der Waals surface area contributed by atoms with Gasteiger partial charge in [0, 0.05) is 12.8 Å². The van der Waals surface area contributed by atoms with Crippen LogP contribution in [0.5, 0.6) is 11.5 Å². The van der Waals surface area contributed by atoms with Crippen LogP contribution in [0.25, 0.3) is 0 Å². The van der Waals surface area contributed by atoms with Crippen LogP contribution >= 0.6 is 0 Å². The number of rotatable bonds is 10. The van der Waals surface area contributed by atoms with E-state index < -0.39 is 5.97 Å². The van der Waals surface area contributed by atoms with Gasteiger partial charge < -0.3 is 19.9 Å². The number of amides is 1. The zero-order valence-electron chi connectivity index (χ0n) is 14.7. The van der Waals surface area contributed by atoms with Crippen LogP contribution in [0.3, 0.4) is 0 Å². The first-order chi connectivity index (χ1) is 12.6. The molecular formula is C20H23NO5. The fraction of sp³-hybridized carbons (Fsp3) is 0.300. The van der Waals surface area contributed by atoms with Crippen molar-refractivity contribution in [2.24, 2.45) is 0 Å². The van der Waals surface area contributed by atoms with Gasteiger partial charge in [-0.3, -0.25) is 9.59 Å².